The standard InChI is InChI=1S/C33H41N9O3/c1-6-40-27-19-23-24(20-28(27)41(7-2)33(40)45)30(39-16-14-36(4)15-17-39)35-34-29(23)38-12-10-22(11-13-38)42-31(43)25-18-21(3)8-9-26(25)37(5)32(42)44/h8-9,18-20,22H,6-7,10-17H2,1-5H3. The lowest BCUT2D eigenvalue weighted by atomic mass is 10.0. The van der Waals surface area contributed by atoms with Gasteiger partial charge in [0.05, 0.1) is 21.9 Å². The molecule has 0 N–H and O–H groups in total. The molecule has 5 heterocycles. The summed E-state index contributed by atoms with van der Waals surface area (Å²) in [7, 11) is 3.87. The Morgan fingerprint density at radius 3 is 1.80 bits per heavy atom. The summed E-state index contributed by atoms with van der Waals surface area (Å²) in [5.41, 5.74) is 2.93. The highest BCUT2D eigenvalue weighted by Gasteiger charge is 2.29. The van der Waals surface area contributed by atoms with Crippen molar-refractivity contribution in [2.45, 2.75) is 52.7 Å². The second-order valence-corrected chi connectivity index (χ2v) is 12.6. The highest BCUT2D eigenvalue weighted by atomic mass is 16.2. The highest BCUT2D eigenvalue weighted by Crippen LogP contribution is 2.36. The number of likely N-dealkylation sites (N-methyl/N-ethyl adjacent to an activating group) is 1. The molecule has 0 amide bonds. The molecule has 5 aromatic rings. The van der Waals surface area contributed by atoms with Crippen LogP contribution in [0.5, 0.6) is 0 Å². The van der Waals surface area contributed by atoms with Gasteiger partial charge in [-0.3, -0.25) is 23.1 Å². The molecular weight excluding hydrogens is 570 g/mol. The van der Waals surface area contributed by atoms with Crippen molar-refractivity contribution in [1.29, 1.82) is 0 Å². The molecule has 0 bridgehead atoms. The predicted molar refractivity (Wildman–Crippen MR) is 179 cm³/mol. The lowest BCUT2D eigenvalue weighted by Crippen LogP contribution is -2.46. The van der Waals surface area contributed by atoms with Crippen molar-refractivity contribution < 1.29 is 0 Å². The van der Waals surface area contributed by atoms with Gasteiger partial charge in [0.15, 0.2) is 11.6 Å². The van der Waals surface area contributed by atoms with E-state index in [-0.39, 0.29) is 23.0 Å². The van der Waals surface area contributed by atoms with Crippen molar-refractivity contribution in [3.8, 4) is 0 Å². The number of imidazole rings is 1. The molecule has 12 nitrogen and oxygen atoms in total. The van der Waals surface area contributed by atoms with Gasteiger partial charge in [-0.1, -0.05) is 11.6 Å². The third-order valence-electron chi connectivity index (χ3n) is 9.90. The summed E-state index contributed by atoms with van der Waals surface area (Å²) >= 11 is 0. The number of aromatic nitrogens is 6. The average molecular weight is 612 g/mol. The van der Waals surface area contributed by atoms with E-state index in [1.165, 1.54) is 4.57 Å². The number of piperazine rings is 1. The van der Waals surface area contributed by atoms with Crippen molar-refractivity contribution in [2.24, 2.45) is 7.05 Å². The fraction of sp³-hybridized carbons (Fsp3) is 0.485. The minimum atomic E-state index is -0.281. The number of anilines is 2. The third-order valence-corrected chi connectivity index (χ3v) is 9.90. The van der Waals surface area contributed by atoms with Gasteiger partial charge in [-0.25, -0.2) is 9.59 Å². The minimum absolute atomic E-state index is 0.00710. The van der Waals surface area contributed by atoms with E-state index < -0.39 is 0 Å². The molecule has 12 heteroatoms. The van der Waals surface area contributed by atoms with Crippen LogP contribution in [-0.4, -0.2) is 79.7 Å². The Hall–Kier alpha value is -4.45. The molecule has 0 radical (unpaired) electrons. The SMILES string of the molecule is CCn1c(=O)n(CC)c2cc3c(N4CCN(C)CC4)nnc(N4CCC(n5c(=O)c6cc(C)ccc6n(C)c5=O)CC4)c3cc21. The van der Waals surface area contributed by atoms with Gasteiger partial charge in [0.2, 0.25) is 0 Å². The summed E-state index contributed by atoms with van der Waals surface area (Å²) in [5, 5.41) is 12.2. The van der Waals surface area contributed by atoms with Crippen LogP contribution in [0.15, 0.2) is 44.7 Å². The molecular formula is C33H41N9O3. The van der Waals surface area contributed by atoms with E-state index in [4.69, 9.17) is 10.2 Å². The van der Waals surface area contributed by atoms with E-state index in [2.05, 4.69) is 33.9 Å². The van der Waals surface area contributed by atoms with Crippen molar-refractivity contribution >= 4 is 44.3 Å². The van der Waals surface area contributed by atoms with Gasteiger partial charge in [0.25, 0.3) is 5.56 Å². The van der Waals surface area contributed by atoms with Crippen LogP contribution in [0.1, 0.15) is 38.3 Å². The molecule has 2 fully saturated rings. The first kappa shape index (κ1) is 29.3. The van der Waals surface area contributed by atoms with Crippen molar-refractivity contribution in [3.63, 3.8) is 0 Å². The summed E-state index contributed by atoms with van der Waals surface area (Å²) in [4.78, 5) is 47.1. The van der Waals surface area contributed by atoms with Crippen LogP contribution < -0.4 is 26.7 Å². The number of fused-ring (bicyclic) bond motifs is 3. The van der Waals surface area contributed by atoms with Crippen molar-refractivity contribution in [2.75, 3.05) is 56.1 Å². The number of benzene rings is 2. The number of hydrogen-bond donors (Lipinski definition) is 0. The average Bonchev–Trinajstić information content (AvgIpc) is 3.32. The Balaban J connectivity index is 1.30. The summed E-state index contributed by atoms with van der Waals surface area (Å²) in [6.07, 6.45) is 1.26. The number of piperidine rings is 1. The molecule has 0 spiro atoms. The Morgan fingerprint density at radius 1 is 0.689 bits per heavy atom. The molecule has 0 atom stereocenters. The van der Waals surface area contributed by atoms with Crippen LogP contribution in [0.3, 0.4) is 0 Å². The molecule has 2 aromatic carbocycles. The molecule has 0 unspecified atom stereocenters. The van der Waals surface area contributed by atoms with Crippen LogP contribution in [0.2, 0.25) is 0 Å². The van der Waals surface area contributed by atoms with Crippen LogP contribution in [0.25, 0.3) is 32.7 Å². The summed E-state index contributed by atoms with van der Waals surface area (Å²) in [6, 6.07) is 9.67. The lowest BCUT2D eigenvalue weighted by Gasteiger charge is -2.35. The Labute approximate surface area is 260 Å². The van der Waals surface area contributed by atoms with Crippen molar-refractivity contribution in [1.82, 2.24) is 33.4 Å². The van der Waals surface area contributed by atoms with Gasteiger partial charge in [0.1, 0.15) is 0 Å². The molecule has 0 aliphatic carbocycles. The summed E-state index contributed by atoms with van der Waals surface area (Å²) < 4.78 is 6.70. The van der Waals surface area contributed by atoms with Crippen LogP contribution in [0, 0.1) is 6.92 Å². The molecule has 2 aliphatic heterocycles. The molecule has 3 aromatic heterocycles. The van der Waals surface area contributed by atoms with Gasteiger partial charge in [-0.2, -0.15) is 0 Å². The van der Waals surface area contributed by atoms with E-state index >= 15 is 0 Å². The number of aryl methyl sites for hydroxylation is 4. The topological polar surface area (TPSA) is 106 Å². The molecule has 7 rings (SSSR count). The summed E-state index contributed by atoms with van der Waals surface area (Å²) in [5.74, 6) is 1.62. The maximum atomic E-state index is 13.6. The number of hydrogen-bond acceptors (Lipinski definition) is 8. The fourth-order valence-corrected chi connectivity index (χ4v) is 7.28. The second kappa shape index (κ2) is 11.2. The van der Waals surface area contributed by atoms with Crippen LogP contribution in [-0.2, 0) is 20.1 Å². The van der Waals surface area contributed by atoms with Crippen molar-refractivity contribution in [3.05, 3.63) is 67.2 Å². The highest BCUT2D eigenvalue weighted by molar-refractivity contribution is 6.05. The van der Waals surface area contributed by atoms with E-state index in [9.17, 15) is 14.4 Å². The number of nitrogens with zero attached hydrogens (tertiary/aromatic N) is 9. The Morgan fingerprint density at radius 2 is 1.24 bits per heavy atom. The number of rotatable bonds is 5. The fourth-order valence-electron chi connectivity index (χ4n) is 7.28. The third kappa shape index (κ3) is 4.65. The first-order valence-corrected chi connectivity index (χ1v) is 16.1. The largest absolute Gasteiger partial charge is 0.354 e. The van der Waals surface area contributed by atoms with Gasteiger partial charge in [0, 0.05) is 76.2 Å². The zero-order valence-corrected chi connectivity index (χ0v) is 26.8. The van der Waals surface area contributed by atoms with Gasteiger partial charge >= 0.3 is 11.4 Å². The first-order valence-electron chi connectivity index (χ1n) is 16.1. The molecule has 2 saturated heterocycles. The zero-order valence-electron chi connectivity index (χ0n) is 26.8. The minimum Gasteiger partial charge on any atom is -0.354 e. The lowest BCUT2D eigenvalue weighted by molar-refractivity contribution is 0.312. The quantitative estimate of drug-likeness (QED) is 0.299. The van der Waals surface area contributed by atoms with Gasteiger partial charge in [-0.05, 0) is 64.9 Å². The molecule has 45 heavy (non-hydrogen) atoms. The Bertz CT molecular complexity index is 2120. The van der Waals surface area contributed by atoms with Crippen LogP contribution in [0.4, 0.5) is 11.6 Å². The van der Waals surface area contributed by atoms with Gasteiger partial charge < -0.3 is 14.7 Å². The summed E-state index contributed by atoms with van der Waals surface area (Å²) in [6.45, 7) is 12.0. The maximum Gasteiger partial charge on any atom is 0.331 e. The van der Waals surface area contributed by atoms with E-state index in [0.29, 0.717) is 49.9 Å². The van der Waals surface area contributed by atoms with Crippen LogP contribution >= 0.6 is 0 Å². The first-order chi connectivity index (χ1) is 21.7. The molecule has 236 valence electrons. The molecule has 0 saturated carbocycles. The zero-order chi connectivity index (χ0) is 31.6. The second-order valence-electron chi connectivity index (χ2n) is 12.6. The molecule has 2 aliphatic rings. The monoisotopic (exact) mass is 611 g/mol. The van der Waals surface area contributed by atoms with Gasteiger partial charge in [-0.15, -0.1) is 10.2 Å². The maximum absolute atomic E-state index is 13.6. The van der Waals surface area contributed by atoms with E-state index in [0.717, 1.165) is 65.2 Å². The van der Waals surface area contributed by atoms with E-state index in [1.807, 2.05) is 48.1 Å². The predicted octanol–water partition coefficient (Wildman–Crippen LogP) is 2.70. The smallest absolute Gasteiger partial charge is 0.331 e. The normalized spacial score (nSPS) is 16.9. The Kier molecular flexibility index (Phi) is 7.26. The van der Waals surface area contributed by atoms with E-state index in [1.54, 1.807) is 11.6 Å².